The lowest BCUT2D eigenvalue weighted by Crippen LogP contribution is -2.56. The molecule has 3 rings (SSSR count). The maximum Gasteiger partial charge on any atom is 0.227 e. The molecular formula is C20H36ClN3O2. The Balaban J connectivity index is 0.00000243. The lowest BCUT2D eigenvalue weighted by atomic mass is 9.74. The molecule has 6 heteroatoms. The van der Waals surface area contributed by atoms with Crippen molar-refractivity contribution in [2.75, 3.05) is 13.1 Å². The minimum Gasteiger partial charge on any atom is -0.353 e. The molecule has 0 radical (unpaired) electrons. The number of carbonyl (C=O) groups excluding carboxylic acids is 2. The number of likely N-dealkylation sites (tertiary alicyclic amines) is 1. The van der Waals surface area contributed by atoms with Crippen LogP contribution in [-0.4, -0.2) is 41.4 Å². The Bertz CT molecular complexity index is 483. The third-order valence-corrected chi connectivity index (χ3v) is 6.67. The molecule has 150 valence electrons. The first-order valence-electron chi connectivity index (χ1n) is 10.3. The van der Waals surface area contributed by atoms with Crippen molar-refractivity contribution >= 4 is 24.2 Å². The lowest BCUT2D eigenvalue weighted by molar-refractivity contribution is -0.140. The number of hydrogen-bond acceptors (Lipinski definition) is 3. The first-order chi connectivity index (χ1) is 12.0. The molecule has 1 saturated heterocycles. The van der Waals surface area contributed by atoms with E-state index in [0.29, 0.717) is 12.3 Å². The Morgan fingerprint density at radius 2 is 1.65 bits per heavy atom. The van der Waals surface area contributed by atoms with E-state index in [2.05, 4.69) is 5.32 Å². The van der Waals surface area contributed by atoms with Crippen molar-refractivity contribution in [2.45, 2.75) is 89.1 Å². The molecular weight excluding hydrogens is 350 g/mol. The Morgan fingerprint density at radius 1 is 1.04 bits per heavy atom. The van der Waals surface area contributed by atoms with Gasteiger partial charge in [-0.05, 0) is 51.4 Å². The molecule has 2 saturated carbocycles. The van der Waals surface area contributed by atoms with Crippen LogP contribution in [0.3, 0.4) is 0 Å². The van der Waals surface area contributed by atoms with E-state index in [0.717, 1.165) is 51.6 Å². The van der Waals surface area contributed by atoms with Gasteiger partial charge in [0.25, 0.3) is 0 Å². The van der Waals surface area contributed by atoms with Crippen LogP contribution < -0.4 is 11.1 Å². The smallest absolute Gasteiger partial charge is 0.227 e. The van der Waals surface area contributed by atoms with Gasteiger partial charge in [0.05, 0.1) is 5.92 Å². The van der Waals surface area contributed by atoms with Gasteiger partial charge in [-0.15, -0.1) is 12.4 Å². The number of amides is 2. The first-order valence-corrected chi connectivity index (χ1v) is 10.3. The van der Waals surface area contributed by atoms with E-state index in [1.54, 1.807) is 0 Å². The van der Waals surface area contributed by atoms with Gasteiger partial charge in [-0.1, -0.05) is 25.7 Å². The number of carbonyl (C=O) groups is 2. The summed E-state index contributed by atoms with van der Waals surface area (Å²) in [5, 5.41) is 3.20. The predicted octanol–water partition coefficient (Wildman–Crippen LogP) is 3.00. The van der Waals surface area contributed by atoms with E-state index in [4.69, 9.17) is 5.73 Å². The summed E-state index contributed by atoms with van der Waals surface area (Å²) in [6.07, 6.45) is 11.5. The van der Waals surface area contributed by atoms with Crippen molar-refractivity contribution in [1.82, 2.24) is 10.2 Å². The number of hydrogen-bond donors (Lipinski definition) is 2. The highest BCUT2D eigenvalue weighted by Gasteiger charge is 2.40. The number of nitrogens with two attached hydrogens (primary N) is 1. The molecule has 3 fully saturated rings. The van der Waals surface area contributed by atoms with E-state index < -0.39 is 0 Å². The van der Waals surface area contributed by atoms with Crippen LogP contribution in [-0.2, 0) is 9.59 Å². The van der Waals surface area contributed by atoms with Gasteiger partial charge in [0.15, 0.2) is 0 Å². The molecule has 2 atom stereocenters. The summed E-state index contributed by atoms with van der Waals surface area (Å²) in [5.41, 5.74) is 6.04. The SMILES string of the molecule is CC1(N)CCCCC1C(=O)N1CCC(NC(=O)CC2CCCC2)CC1.Cl. The van der Waals surface area contributed by atoms with Crippen LogP contribution in [0.15, 0.2) is 0 Å². The van der Waals surface area contributed by atoms with Gasteiger partial charge in [-0.25, -0.2) is 0 Å². The monoisotopic (exact) mass is 385 g/mol. The van der Waals surface area contributed by atoms with Crippen LogP contribution in [0.4, 0.5) is 0 Å². The summed E-state index contributed by atoms with van der Waals surface area (Å²) < 4.78 is 0. The van der Waals surface area contributed by atoms with Gasteiger partial charge in [-0.2, -0.15) is 0 Å². The van der Waals surface area contributed by atoms with Crippen molar-refractivity contribution in [2.24, 2.45) is 17.6 Å². The third-order valence-electron chi connectivity index (χ3n) is 6.67. The van der Waals surface area contributed by atoms with Crippen molar-refractivity contribution < 1.29 is 9.59 Å². The zero-order valence-electron chi connectivity index (χ0n) is 16.2. The molecule has 1 aliphatic heterocycles. The van der Waals surface area contributed by atoms with Gasteiger partial charge < -0.3 is 16.0 Å². The summed E-state index contributed by atoms with van der Waals surface area (Å²) in [7, 11) is 0. The summed E-state index contributed by atoms with van der Waals surface area (Å²) in [6.45, 7) is 3.53. The summed E-state index contributed by atoms with van der Waals surface area (Å²) in [5.74, 6) is 1.00. The Labute approximate surface area is 164 Å². The van der Waals surface area contributed by atoms with E-state index in [1.165, 1.54) is 25.7 Å². The van der Waals surface area contributed by atoms with Gasteiger partial charge >= 0.3 is 0 Å². The maximum atomic E-state index is 12.9. The van der Waals surface area contributed by atoms with Gasteiger partial charge in [0.2, 0.25) is 11.8 Å². The Kier molecular flexibility index (Phi) is 7.77. The van der Waals surface area contributed by atoms with Crippen LogP contribution in [0.5, 0.6) is 0 Å². The molecule has 5 nitrogen and oxygen atoms in total. The largest absolute Gasteiger partial charge is 0.353 e. The number of nitrogens with zero attached hydrogens (tertiary/aromatic N) is 1. The normalized spacial score (nSPS) is 30.7. The molecule has 26 heavy (non-hydrogen) atoms. The molecule has 3 N–H and O–H groups in total. The summed E-state index contributed by atoms with van der Waals surface area (Å²) >= 11 is 0. The second-order valence-corrected chi connectivity index (χ2v) is 8.83. The Hall–Kier alpha value is -0.810. The predicted molar refractivity (Wildman–Crippen MR) is 106 cm³/mol. The van der Waals surface area contributed by atoms with Crippen molar-refractivity contribution in [3.05, 3.63) is 0 Å². The highest BCUT2D eigenvalue weighted by atomic mass is 35.5. The average molecular weight is 386 g/mol. The van der Waals surface area contributed by atoms with Crippen LogP contribution in [0, 0.1) is 11.8 Å². The van der Waals surface area contributed by atoms with Crippen LogP contribution in [0.2, 0.25) is 0 Å². The molecule has 0 spiro atoms. The van der Waals surface area contributed by atoms with Crippen molar-refractivity contribution in [3.8, 4) is 0 Å². The van der Waals surface area contributed by atoms with E-state index in [9.17, 15) is 9.59 Å². The topological polar surface area (TPSA) is 75.4 Å². The second kappa shape index (κ2) is 9.41. The standard InChI is InChI=1S/C20H35N3O2.ClH/c1-20(21)11-5-4-8-17(20)19(25)23-12-9-16(10-13-23)22-18(24)14-15-6-2-3-7-15;/h15-17H,2-14,21H2,1H3,(H,22,24);1H. The third kappa shape index (κ3) is 5.35. The molecule has 0 aromatic heterocycles. The molecule has 2 amide bonds. The fourth-order valence-corrected chi connectivity index (χ4v) is 4.99. The van der Waals surface area contributed by atoms with Gasteiger partial charge in [-0.3, -0.25) is 9.59 Å². The molecule has 2 aliphatic carbocycles. The van der Waals surface area contributed by atoms with Crippen molar-refractivity contribution in [3.63, 3.8) is 0 Å². The quantitative estimate of drug-likeness (QED) is 0.781. The molecule has 3 aliphatic rings. The number of rotatable bonds is 4. The lowest BCUT2D eigenvalue weighted by Gasteiger charge is -2.41. The molecule has 0 aromatic rings. The summed E-state index contributed by atoms with van der Waals surface area (Å²) in [6, 6.07) is 0.230. The highest BCUT2D eigenvalue weighted by molar-refractivity contribution is 5.85. The number of nitrogens with one attached hydrogen (secondary N) is 1. The number of piperidine rings is 1. The molecule has 2 unspecified atom stereocenters. The van der Waals surface area contributed by atoms with Gasteiger partial charge in [0, 0.05) is 31.1 Å². The second-order valence-electron chi connectivity index (χ2n) is 8.83. The van der Waals surface area contributed by atoms with Crippen LogP contribution >= 0.6 is 12.4 Å². The number of halogens is 1. The highest BCUT2D eigenvalue weighted by Crippen LogP contribution is 2.33. The fraction of sp³-hybridized carbons (Fsp3) is 0.900. The van der Waals surface area contributed by atoms with E-state index in [-0.39, 0.29) is 41.7 Å². The van der Waals surface area contributed by atoms with Crippen LogP contribution in [0.1, 0.15) is 77.6 Å². The Morgan fingerprint density at radius 3 is 2.27 bits per heavy atom. The average Bonchev–Trinajstić information content (AvgIpc) is 3.07. The van der Waals surface area contributed by atoms with Crippen LogP contribution in [0.25, 0.3) is 0 Å². The van der Waals surface area contributed by atoms with Crippen molar-refractivity contribution in [1.29, 1.82) is 0 Å². The molecule has 0 bridgehead atoms. The minimum atomic E-state index is -0.359. The molecule has 0 aromatic carbocycles. The maximum absolute atomic E-state index is 12.9. The summed E-state index contributed by atoms with van der Waals surface area (Å²) in [4.78, 5) is 27.1. The van der Waals surface area contributed by atoms with Gasteiger partial charge in [0.1, 0.15) is 0 Å². The zero-order chi connectivity index (χ0) is 17.9. The molecule has 1 heterocycles. The first kappa shape index (κ1) is 21.5. The fourth-order valence-electron chi connectivity index (χ4n) is 4.99. The van der Waals surface area contributed by atoms with E-state index in [1.807, 2.05) is 11.8 Å². The zero-order valence-corrected chi connectivity index (χ0v) is 17.0. The minimum absolute atomic E-state index is 0. The van der Waals surface area contributed by atoms with E-state index >= 15 is 0 Å².